The fraction of sp³-hybridized carbons (Fsp3) is 0.143. The third kappa shape index (κ3) is 2.14. The molecule has 0 spiro atoms. The Morgan fingerprint density at radius 2 is 1.54 bits per heavy atom. The number of aryl methyl sites for hydroxylation is 2. The zero-order chi connectivity index (χ0) is 17.8. The second-order valence-corrected chi connectivity index (χ2v) is 7.57. The molecule has 0 aliphatic heterocycles. The Labute approximate surface area is 154 Å². The maximum Gasteiger partial charge on any atom is 0.343 e. The lowest BCUT2D eigenvalue weighted by Gasteiger charge is -2.05. The summed E-state index contributed by atoms with van der Waals surface area (Å²) in [5.41, 5.74) is 5.66. The average Bonchev–Trinajstić information content (AvgIpc) is 3.00. The van der Waals surface area contributed by atoms with Crippen LogP contribution in [0.3, 0.4) is 0 Å². The SMILES string of the molecule is Cc1c(-c2nc3nc4ccccc4nc3c(C)[n+]2C)sc2ccccc12. The predicted octanol–water partition coefficient (Wildman–Crippen LogP) is 4.50. The molecular weight excluding hydrogens is 340 g/mol. The fourth-order valence-corrected chi connectivity index (χ4v) is 4.63. The van der Waals surface area contributed by atoms with Gasteiger partial charge in [0.05, 0.1) is 18.1 Å². The van der Waals surface area contributed by atoms with Crippen LogP contribution in [-0.4, -0.2) is 15.0 Å². The fourth-order valence-electron chi connectivity index (χ4n) is 3.40. The molecule has 3 heterocycles. The van der Waals surface area contributed by atoms with Crippen LogP contribution in [0.2, 0.25) is 0 Å². The summed E-state index contributed by atoms with van der Waals surface area (Å²) in [6, 6.07) is 16.4. The van der Waals surface area contributed by atoms with Crippen molar-refractivity contribution in [3.63, 3.8) is 0 Å². The Morgan fingerprint density at radius 1 is 0.846 bits per heavy atom. The van der Waals surface area contributed by atoms with E-state index in [-0.39, 0.29) is 0 Å². The summed E-state index contributed by atoms with van der Waals surface area (Å²) in [6.45, 7) is 4.25. The van der Waals surface area contributed by atoms with Gasteiger partial charge in [0.15, 0.2) is 5.52 Å². The Hall–Kier alpha value is -2.92. The van der Waals surface area contributed by atoms with Crippen molar-refractivity contribution in [1.29, 1.82) is 0 Å². The lowest BCUT2D eigenvalue weighted by molar-refractivity contribution is -0.667. The average molecular weight is 357 g/mol. The number of benzene rings is 2. The van der Waals surface area contributed by atoms with Gasteiger partial charge >= 0.3 is 5.82 Å². The summed E-state index contributed by atoms with van der Waals surface area (Å²) in [6.07, 6.45) is 0. The summed E-state index contributed by atoms with van der Waals surface area (Å²) in [4.78, 5) is 15.7. The molecular formula is C21H17N4S+. The molecule has 0 saturated heterocycles. The molecule has 5 aromatic rings. The molecule has 0 unspecified atom stereocenters. The zero-order valence-corrected chi connectivity index (χ0v) is 15.6. The predicted molar refractivity (Wildman–Crippen MR) is 106 cm³/mol. The third-order valence-corrected chi connectivity index (χ3v) is 6.24. The minimum atomic E-state index is 0.700. The Morgan fingerprint density at radius 3 is 2.31 bits per heavy atom. The van der Waals surface area contributed by atoms with E-state index in [0.717, 1.165) is 28.1 Å². The molecule has 3 aromatic heterocycles. The number of thiophene rings is 1. The molecule has 0 saturated carbocycles. The minimum absolute atomic E-state index is 0.700. The summed E-state index contributed by atoms with van der Waals surface area (Å²) in [5, 5.41) is 1.29. The van der Waals surface area contributed by atoms with Gasteiger partial charge in [0, 0.05) is 11.6 Å². The smallest absolute Gasteiger partial charge is 0.236 e. The molecule has 0 bridgehead atoms. The normalized spacial score (nSPS) is 11.7. The highest BCUT2D eigenvalue weighted by molar-refractivity contribution is 7.22. The van der Waals surface area contributed by atoms with E-state index >= 15 is 0 Å². The van der Waals surface area contributed by atoms with Crippen LogP contribution in [0, 0.1) is 13.8 Å². The molecule has 4 nitrogen and oxygen atoms in total. The first-order chi connectivity index (χ1) is 12.6. The monoisotopic (exact) mass is 357 g/mol. The molecule has 0 aliphatic rings. The number of nitrogens with zero attached hydrogens (tertiary/aromatic N) is 4. The van der Waals surface area contributed by atoms with Crippen molar-refractivity contribution < 1.29 is 4.57 Å². The molecule has 0 atom stereocenters. The van der Waals surface area contributed by atoms with Crippen molar-refractivity contribution in [2.75, 3.05) is 0 Å². The minimum Gasteiger partial charge on any atom is -0.236 e. The lowest BCUT2D eigenvalue weighted by Crippen LogP contribution is -2.36. The molecule has 0 amide bonds. The molecule has 2 aromatic carbocycles. The first-order valence-corrected chi connectivity index (χ1v) is 9.37. The van der Waals surface area contributed by atoms with Gasteiger partial charge < -0.3 is 0 Å². The highest BCUT2D eigenvalue weighted by Crippen LogP contribution is 2.36. The first-order valence-electron chi connectivity index (χ1n) is 8.55. The molecule has 0 fully saturated rings. The van der Waals surface area contributed by atoms with Gasteiger partial charge in [0.25, 0.3) is 5.65 Å². The Bertz CT molecular complexity index is 1320. The van der Waals surface area contributed by atoms with Gasteiger partial charge in [-0.3, -0.25) is 0 Å². The van der Waals surface area contributed by atoms with E-state index in [4.69, 9.17) is 15.0 Å². The second kappa shape index (κ2) is 5.54. The molecule has 126 valence electrons. The first kappa shape index (κ1) is 15.3. The molecule has 5 rings (SSSR count). The van der Waals surface area contributed by atoms with Gasteiger partial charge in [0.1, 0.15) is 10.6 Å². The van der Waals surface area contributed by atoms with Gasteiger partial charge in [-0.15, -0.1) is 11.3 Å². The van der Waals surface area contributed by atoms with E-state index < -0.39 is 0 Å². The zero-order valence-electron chi connectivity index (χ0n) is 14.8. The van der Waals surface area contributed by atoms with Crippen molar-refractivity contribution in [2.45, 2.75) is 13.8 Å². The lowest BCUT2D eigenvalue weighted by atomic mass is 10.1. The number of fused-ring (bicyclic) bond motifs is 3. The van der Waals surface area contributed by atoms with Crippen LogP contribution in [-0.2, 0) is 7.05 Å². The van der Waals surface area contributed by atoms with Crippen molar-refractivity contribution in [2.24, 2.45) is 7.05 Å². The van der Waals surface area contributed by atoms with Crippen LogP contribution in [0.1, 0.15) is 11.3 Å². The van der Waals surface area contributed by atoms with Crippen molar-refractivity contribution in [3.8, 4) is 10.7 Å². The van der Waals surface area contributed by atoms with Crippen LogP contribution < -0.4 is 4.57 Å². The van der Waals surface area contributed by atoms with Gasteiger partial charge in [-0.1, -0.05) is 30.3 Å². The van der Waals surface area contributed by atoms with E-state index in [2.05, 4.69) is 49.7 Å². The Kier molecular flexibility index (Phi) is 3.27. The topological polar surface area (TPSA) is 42.6 Å². The van der Waals surface area contributed by atoms with Crippen LogP contribution in [0.4, 0.5) is 0 Å². The number of rotatable bonds is 1. The van der Waals surface area contributed by atoms with E-state index in [0.29, 0.717) is 5.65 Å². The summed E-state index contributed by atoms with van der Waals surface area (Å²) in [5.74, 6) is 0.943. The van der Waals surface area contributed by atoms with Crippen LogP contribution in [0.15, 0.2) is 48.5 Å². The van der Waals surface area contributed by atoms with Crippen LogP contribution in [0.25, 0.3) is 43.0 Å². The van der Waals surface area contributed by atoms with E-state index in [1.54, 1.807) is 11.3 Å². The van der Waals surface area contributed by atoms with Gasteiger partial charge in [-0.05, 0) is 41.1 Å². The largest absolute Gasteiger partial charge is 0.343 e. The van der Waals surface area contributed by atoms with Gasteiger partial charge in [-0.25, -0.2) is 14.5 Å². The van der Waals surface area contributed by atoms with E-state index in [1.165, 1.54) is 20.5 Å². The molecule has 0 aliphatic carbocycles. The van der Waals surface area contributed by atoms with E-state index in [1.807, 2.05) is 24.3 Å². The van der Waals surface area contributed by atoms with Gasteiger partial charge in [-0.2, -0.15) is 0 Å². The van der Waals surface area contributed by atoms with Crippen molar-refractivity contribution in [3.05, 3.63) is 59.8 Å². The van der Waals surface area contributed by atoms with Crippen molar-refractivity contribution >= 4 is 43.6 Å². The van der Waals surface area contributed by atoms with Gasteiger partial charge in [0.2, 0.25) is 0 Å². The molecule has 0 N–H and O–H groups in total. The highest BCUT2D eigenvalue weighted by atomic mass is 32.1. The summed E-state index contributed by atoms with van der Waals surface area (Å²) in [7, 11) is 2.05. The molecule has 26 heavy (non-hydrogen) atoms. The van der Waals surface area contributed by atoms with Crippen LogP contribution in [0.5, 0.6) is 0 Å². The summed E-state index contributed by atoms with van der Waals surface area (Å²) >= 11 is 1.78. The second-order valence-electron chi connectivity index (χ2n) is 6.52. The number of aromatic nitrogens is 4. The number of para-hydroxylation sites is 2. The molecule has 0 radical (unpaired) electrons. The third-order valence-electron chi connectivity index (χ3n) is 4.97. The highest BCUT2D eigenvalue weighted by Gasteiger charge is 2.25. The number of hydrogen-bond acceptors (Lipinski definition) is 4. The Balaban J connectivity index is 1.86. The standard InChI is InChI=1S/C21H17N4S/c1-12-14-8-4-7-11-17(14)26-19(12)21-24-20-18(13(2)25(21)3)22-15-9-5-6-10-16(15)23-20/h4-11H,1-3H3/q+1. The maximum atomic E-state index is 4.91. The van der Waals surface area contributed by atoms with Crippen molar-refractivity contribution in [1.82, 2.24) is 15.0 Å². The summed E-state index contributed by atoms with van der Waals surface area (Å²) < 4.78 is 3.41. The van der Waals surface area contributed by atoms with E-state index in [9.17, 15) is 0 Å². The number of hydrogen-bond donors (Lipinski definition) is 0. The maximum absolute atomic E-state index is 4.91. The quantitative estimate of drug-likeness (QED) is 0.328. The van der Waals surface area contributed by atoms with Crippen LogP contribution >= 0.6 is 11.3 Å². The molecule has 5 heteroatoms.